The Labute approximate surface area is 425 Å². The molecular weight excluding hydrogens is 1050 g/mol. The summed E-state index contributed by atoms with van der Waals surface area (Å²) in [6.07, 6.45) is -0.528. The van der Waals surface area contributed by atoms with Gasteiger partial charge in [0.25, 0.3) is 0 Å². The smallest absolute Gasteiger partial charge is 0.407 e. The van der Waals surface area contributed by atoms with E-state index in [0.29, 0.717) is 10.4 Å². The number of rotatable bonds is 10. The molecule has 7 unspecified atom stereocenters. The van der Waals surface area contributed by atoms with Gasteiger partial charge in [-0.25, -0.2) is 0 Å². The topological polar surface area (TPSA) is 184 Å². The second-order valence-corrected chi connectivity index (χ2v) is 39.3. The van der Waals surface area contributed by atoms with Crippen LogP contribution in [0.25, 0.3) is 0 Å². The Hall–Kier alpha value is -5.06. The van der Waals surface area contributed by atoms with Gasteiger partial charge in [0.15, 0.2) is 0 Å². The quantitative estimate of drug-likeness (QED) is 0.123. The second kappa shape index (κ2) is 20.3. The molecule has 2 fully saturated rings. The van der Waals surface area contributed by atoms with E-state index in [-0.39, 0.29) is 31.1 Å². The van der Waals surface area contributed by atoms with Crippen LogP contribution in [0.3, 0.4) is 0 Å². The number of hydrogen-bond acceptors (Lipinski definition) is 14. The third-order valence-electron chi connectivity index (χ3n) is 12.1. The van der Waals surface area contributed by atoms with E-state index in [0.717, 1.165) is 0 Å². The minimum atomic E-state index is -5.55. The lowest BCUT2D eigenvalue weighted by atomic mass is 10.4. The van der Waals surface area contributed by atoms with E-state index in [4.69, 9.17) is 37.3 Å². The summed E-state index contributed by atoms with van der Waals surface area (Å²) in [6.45, 7) is 1.73. The van der Waals surface area contributed by atoms with Gasteiger partial charge in [0.2, 0.25) is 0 Å². The van der Waals surface area contributed by atoms with Gasteiger partial charge in [0.05, 0.1) is 6.23 Å². The van der Waals surface area contributed by atoms with Crippen LogP contribution < -0.4 is 41.5 Å². The highest BCUT2D eigenvalue weighted by molar-refractivity contribution is 7.06. The minimum Gasteiger partial charge on any atom is -0.407 e. The Morgan fingerprint density at radius 1 is 0.361 bits per heavy atom. The summed E-state index contributed by atoms with van der Waals surface area (Å²) in [7, 11) is -41.0. The third kappa shape index (κ3) is 10.1. The monoisotopic (exact) mass is 1100 g/mol. The minimum absolute atomic E-state index is 0.00818. The Balaban J connectivity index is 1.39. The van der Waals surface area contributed by atoms with Crippen LogP contribution in [0.1, 0.15) is 0 Å². The molecule has 8 aromatic rings. The summed E-state index contributed by atoms with van der Waals surface area (Å²) in [5, 5.41) is 1.74. The van der Waals surface area contributed by atoms with E-state index in [2.05, 4.69) is 0 Å². The van der Waals surface area contributed by atoms with Crippen molar-refractivity contribution in [1.29, 1.82) is 0 Å². The van der Waals surface area contributed by atoms with Crippen LogP contribution in [0, 0.1) is 0 Å². The van der Waals surface area contributed by atoms with Gasteiger partial charge in [-0.15, -0.1) is 0 Å². The summed E-state index contributed by atoms with van der Waals surface area (Å²) in [4.78, 5) is 67.2. The Morgan fingerprint density at radius 3 is 1.19 bits per heavy atom. The molecule has 366 valence electrons. The van der Waals surface area contributed by atoms with Crippen LogP contribution in [0.4, 0.5) is 0 Å². The SMILES string of the molecule is C[Si]1(c2ccccc2)O[Si](O)(c2ccccc2)O[Si](O[Si](O)(O)c2ccccc2)(c2ccccc2)O[Si]2(c3ccccc3)O[Si](O)(c3ccccc3)OC[Si](c3ccccc3)(O1)O[Si](O)(c1ccccc1)O2. The maximum atomic E-state index is 14.1. The molecule has 2 saturated heterocycles. The first kappa shape index (κ1) is 50.5. The van der Waals surface area contributed by atoms with Crippen LogP contribution in [0.2, 0.25) is 6.55 Å². The summed E-state index contributed by atoms with van der Waals surface area (Å²) in [6, 6.07) is 68.2. The highest BCUT2D eigenvalue weighted by Crippen LogP contribution is 2.36. The molecule has 0 aromatic heterocycles. The molecule has 10 rings (SSSR count). The Morgan fingerprint density at radius 2 is 0.722 bits per heavy atom. The van der Waals surface area contributed by atoms with Gasteiger partial charge in [-0.1, -0.05) is 243 Å². The van der Waals surface area contributed by atoms with Gasteiger partial charge in [-0.2, -0.15) is 0 Å². The van der Waals surface area contributed by atoms with Gasteiger partial charge < -0.3 is 61.3 Å². The predicted octanol–water partition coefficient (Wildman–Crippen LogP) is 1.07. The molecular formula is C50H50O14Si8. The largest absolute Gasteiger partial charge is 0.527 e. The van der Waals surface area contributed by atoms with Crippen LogP contribution in [0.5, 0.6) is 0 Å². The molecule has 0 aliphatic carbocycles. The summed E-state index contributed by atoms with van der Waals surface area (Å²) >= 11 is 0. The molecule has 0 spiro atoms. The molecule has 2 heterocycles. The molecule has 8 aromatic carbocycles. The zero-order chi connectivity index (χ0) is 50.0. The van der Waals surface area contributed by atoms with Crippen molar-refractivity contribution in [2.45, 2.75) is 6.55 Å². The lowest BCUT2D eigenvalue weighted by molar-refractivity contribution is 0.105. The highest BCUT2D eigenvalue weighted by Gasteiger charge is 2.73. The molecule has 0 radical (unpaired) electrons. The molecule has 7 atom stereocenters. The van der Waals surface area contributed by atoms with Gasteiger partial charge >= 0.3 is 69.9 Å². The summed E-state index contributed by atoms with van der Waals surface area (Å²) in [5.41, 5.74) is 0. The van der Waals surface area contributed by atoms with Crippen LogP contribution in [-0.4, -0.2) is 100 Å². The molecule has 2 aliphatic rings. The maximum Gasteiger partial charge on any atom is 0.527 e. The van der Waals surface area contributed by atoms with Crippen molar-refractivity contribution in [3.8, 4) is 0 Å². The Bertz CT molecular complexity index is 3060. The van der Waals surface area contributed by atoms with Crippen molar-refractivity contribution in [2.75, 3.05) is 6.23 Å². The normalized spacial score (nSPS) is 29.2. The zero-order valence-corrected chi connectivity index (χ0v) is 46.7. The summed E-state index contributed by atoms with van der Waals surface area (Å²) in [5.74, 6) is 0. The van der Waals surface area contributed by atoms with Crippen LogP contribution in [0.15, 0.2) is 243 Å². The van der Waals surface area contributed by atoms with E-state index in [1.165, 1.54) is 12.1 Å². The maximum absolute atomic E-state index is 14.1. The van der Waals surface area contributed by atoms with Gasteiger partial charge in [-0.3, -0.25) is 0 Å². The molecule has 0 saturated carbocycles. The van der Waals surface area contributed by atoms with E-state index in [1.807, 2.05) is 12.1 Å². The molecule has 2 aliphatic heterocycles. The fraction of sp³-hybridized carbons (Fsp3) is 0.0400. The van der Waals surface area contributed by atoms with Crippen molar-refractivity contribution >= 4 is 111 Å². The fourth-order valence-electron chi connectivity index (χ4n) is 8.63. The number of benzene rings is 8. The second-order valence-electron chi connectivity index (χ2n) is 17.2. The van der Waals surface area contributed by atoms with Gasteiger partial charge in [0.1, 0.15) is 0 Å². The molecule has 22 heteroatoms. The highest BCUT2D eigenvalue weighted by atomic mass is 28.6. The van der Waals surface area contributed by atoms with E-state index in [9.17, 15) is 24.0 Å². The molecule has 5 N–H and O–H groups in total. The lowest BCUT2D eigenvalue weighted by Gasteiger charge is -2.48. The van der Waals surface area contributed by atoms with Crippen LogP contribution in [-0.2, 0) is 37.3 Å². The molecule has 72 heavy (non-hydrogen) atoms. The van der Waals surface area contributed by atoms with E-state index >= 15 is 0 Å². The van der Waals surface area contributed by atoms with E-state index < -0.39 is 76.2 Å². The molecule has 14 nitrogen and oxygen atoms in total. The fourth-order valence-corrected chi connectivity index (χ4v) is 43.0. The van der Waals surface area contributed by atoms with Crippen molar-refractivity contribution in [1.82, 2.24) is 0 Å². The van der Waals surface area contributed by atoms with Crippen molar-refractivity contribution in [3.63, 3.8) is 0 Å². The summed E-state index contributed by atoms with van der Waals surface area (Å²) < 4.78 is 66.6. The van der Waals surface area contributed by atoms with Gasteiger partial charge in [-0.05, 0) is 16.9 Å². The third-order valence-corrected chi connectivity index (χ3v) is 41.3. The number of fused-ring (bicyclic) bond motifs is 4. The standard InChI is InChI=1S/C50H50O14Si8/c1-65(43-26-10-2-11-27-43)57-66(44-28-12-3-13-29-44)42-56-68(53,46-32-16-5-17-33-46)61-72(50-40-24-9-25-41-50,63-70(55,59-66)48-36-20-7-21-37-48)64-71(49-38-22-8-23-39-49,60-67(51,52)45-30-14-4-15-31-45)62-69(54,58-65)47-34-18-6-19-35-47/h2-41,51-55H,42H2,1H3. The first-order chi connectivity index (χ1) is 34.7. The van der Waals surface area contributed by atoms with Crippen molar-refractivity contribution in [3.05, 3.63) is 243 Å². The first-order valence-electron chi connectivity index (χ1n) is 23.0. The average Bonchev–Trinajstić information content (AvgIpc) is 3.46. The van der Waals surface area contributed by atoms with Crippen LogP contribution >= 0.6 is 0 Å². The zero-order valence-electron chi connectivity index (χ0n) is 38.7. The van der Waals surface area contributed by atoms with Gasteiger partial charge in [0, 0.05) is 31.1 Å². The predicted molar refractivity (Wildman–Crippen MR) is 286 cm³/mol. The first-order valence-corrected chi connectivity index (χ1v) is 37.9. The van der Waals surface area contributed by atoms with Crippen molar-refractivity contribution in [2.24, 2.45) is 0 Å². The molecule has 0 amide bonds. The lowest BCUT2D eigenvalue weighted by Crippen LogP contribution is -2.82. The number of hydrogen-bond donors (Lipinski definition) is 5. The van der Waals surface area contributed by atoms with E-state index in [1.54, 1.807) is 225 Å². The van der Waals surface area contributed by atoms with Crippen molar-refractivity contribution < 1.29 is 61.3 Å². The average molecular weight is 1100 g/mol. The Kier molecular flexibility index (Phi) is 14.3. The molecule has 2 bridgehead atoms.